The fraction of sp³-hybridized carbons (Fsp3) is 0.263. The van der Waals surface area contributed by atoms with Crippen LogP contribution in [0.2, 0.25) is 0 Å². The summed E-state index contributed by atoms with van der Waals surface area (Å²) in [6, 6.07) is 8.14. The van der Waals surface area contributed by atoms with Gasteiger partial charge in [-0.2, -0.15) is 0 Å². The maximum atomic E-state index is 14.1. The quantitative estimate of drug-likeness (QED) is 0.577. The Morgan fingerprint density at radius 1 is 1.10 bits per heavy atom. The molecule has 1 heteroatoms. The van der Waals surface area contributed by atoms with Crippen LogP contribution in [0.15, 0.2) is 61.2 Å². The fourth-order valence-electron chi connectivity index (χ4n) is 1.88. The molecule has 106 valence electrons. The molecule has 0 nitrogen and oxygen atoms in total. The molecule has 0 amide bonds. The van der Waals surface area contributed by atoms with Crippen LogP contribution < -0.4 is 0 Å². The van der Waals surface area contributed by atoms with Gasteiger partial charge in [0.2, 0.25) is 0 Å². The van der Waals surface area contributed by atoms with Gasteiger partial charge in [-0.25, -0.2) is 4.39 Å². The second kappa shape index (κ2) is 6.51. The van der Waals surface area contributed by atoms with Gasteiger partial charge in [0.25, 0.3) is 0 Å². The van der Waals surface area contributed by atoms with Crippen molar-refractivity contribution in [3.05, 3.63) is 72.4 Å². The molecular formula is C19H23F. The summed E-state index contributed by atoms with van der Waals surface area (Å²) in [5.74, 6) is 0. The fourth-order valence-corrected chi connectivity index (χ4v) is 1.88. The van der Waals surface area contributed by atoms with E-state index in [0.717, 1.165) is 22.3 Å². The molecule has 0 bridgehead atoms. The second-order valence-corrected chi connectivity index (χ2v) is 5.52. The van der Waals surface area contributed by atoms with E-state index in [0.29, 0.717) is 5.57 Å². The molecule has 0 unspecified atom stereocenters. The molecule has 0 heterocycles. The molecule has 20 heavy (non-hydrogen) atoms. The first kappa shape index (κ1) is 16.2. The van der Waals surface area contributed by atoms with Crippen LogP contribution in [0, 0.1) is 0 Å². The minimum atomic E-state index is -1.38. The Hall–Kier alpha value is -1.89. The number of allylic oxidation sites excluding steroid dienone is 6. The van der Waals surface area contributed by atoms with E-state index in [1.165, 1.54) is 0 Å². The number of hydrogen-bond acceptors (Lipinski definition) is 0. The smallest absolute Gasteiger partial charge is 0.130 e. The molecular weight excluding hydrogens is 247 g/mol. The monoisotopic (exact) mass is 270 g/mol. The molecule has 1 rings (SSSR count). The van der Waals surface area contributed by atoms with E-state index >= 15 is 0 Å². The Morgan fingerprint density at radius 3 is 2.00 bits per heavy atom. The summed E-state index contributed by atoms with van der Waals surface area (Å²) in [5, 5.41) is 0. The lowest BCUT2D eigenvalue weighted by atomic mass is 9.94. The zero-order valence-electron chi connectivity index (χ0n) is 12.8. The summed E-state index contributed by atoms with van der Waals surface area (Å²) in [5.41, 5.74) is 3.50. The van der Waals surface area contributed by atoms with Crippen LogP contribution >= 0.6 is 0 Å². The van der Waals surface area contributed by atoms with Gasteiger partial charge in [-0.3, -0.25) is 0 Å². The molecule has 0 N–H and O–H groups in total. The van der Waals surface area contributed by atoms with E-state index in [1.807, 2.05) is 44.2 Å². The van der Waals surface area contributed by atoms with Gasteiger partial charge in [-0.05, 0) is 50.0 Å². The van der Waals surface area contributed by atoms with Crippen LogP contribution in [0.5, 0.6) is 0 Å². The van der Waals surface area contributed by atoms with E-state index in [9.17, 15) is 4.39 Å². The minimum absolute atomic E-state index is 0.619. The van der Waals surface area contributed by atoms with E-state index in [-0.39, 0.29) is 0 Å². The lowest BCUT2D eigenvalue weighted by Crippen LogP contribution is -2.14. The van der Waals surface area contributed by atoms with Crippen LogP contribution in [0.4, 0.5) is 4.39 Å². The Kier molecular flexibility index (Phi) is 5.26. The van der Waals surface area contributed by atoms with Crippen LogP contribution in [0.25, 0.3) is 11.1 Å². The maximum absolute atomic E-state index is 14.1. The Morgan fingerprint density at radius 2 is 1.60 bits per heavy atom. The molecule has 0 fully saturated rings. The van der Waals surface area contributed by atoms with E-state index in [2.05, 4.69) is 13.2 Å². The van der Waals surface area contributed by atoms with Crippen LogP contribution in [0.3, 0.4) is 0 Å². The zero-order valence-corrected chi connectivity index (χ0v) is 12.8. The van der Waals surface area contributed by atoms with Crippen molar-refractivity contribution in [1.29, 1.82) is 0 Å². The van der Waals surface area contributed by atoms with E-state index in [1.54, 1.807) is 26.0 Å². The summed E-state index contributed by atoms with van der Waals surface area (Å²) in [4.78, 5) is 0. The number of halogens is 1. The number of benzene rings is 1. The second-order valence-electron chi connectivity index (χ2n) is 5.52. The van der Waals surface area contributed by atoms with Gasteiger partial charge in [0, 0.05) is 0 Å². The third kappa shape index (κ3) is 4.34. The Balaban J connectivity index is 3.12. The summed E-state index contributed by atoms with van der Waals surface area (Å²) in [6.45, 7) is 14.6. The van der Waals surface area contributed by atoms with Crippen molar-refractivity contribution in [3.63, 3.8) is 0 Å². The van der Waals surface area contributed by atoms with Crippen molar-refractivity contribution < 1.29 is 4.39 Å². The topological polar surface area (TPSA) is 0 Å². The first-order valence-electron chi connectivity index (χ1n) is 6.72. The number of hydrogen-bond donors (Lipinski definition) is 0. The lowest BCUT2D eigenvalue weighted by molar-refractivity contribution is 0.274. The highest BCUT2D eigenvalue weighted by Gasteiger charge is 2.19. The van der Waals surface area contributed by atoms with Crippen molar-refractivity contribution >= 4 is 11.1 Å². The molecule has 0 aliphatic rings. The highest BCUT2D eigenvalue weighted by atomic mass is 19.1. The Bertz CT molecular complexity index is 548. The summed E-state index contributed by atoms with van der Waals surface area (Å²) in [7, 11) is 0. The third-order valence-corrected chi connectivity index (χ3v) is 3.19. The average molecular weight is 270 g/mol. The average Bonchev–Trinajstić information content (AvgIpc) is 2.37. The molecule has 0 atom stereocenters. The summed E-state index contributed by atoms with van der Waals surface area (Å²) >= 11 is 0. The van der Waals surface area contributed by atoms with Gasteiger partial charge in [0.1, 0.15) is 5.67 Å². The van der Waals surface area contributed by atoms with Crippen molar-refractivity contribution in [3.8, 4) is 0 Å². The van der Waals surface area contributed by atoms with Crippen LogP contribution in [-0.2, 0) is 0 Å². The van der Waals surface area contributed by atoms with Gasteiger partial charge in [-0.15, -0.1) is 0 Å². The minimum Gasteiger partial charge on any atom is -0.239 e. The highest BCUT2D eigenvalue weighted by Crippen LogP contribution is 2.26. The maximum Gasteiger partial charge on any atom is 0.130 e. The van der Waals surface area contributed by atoms with Crippen molar-refractivity contribution in [1.82, 2.24) is 0 Å². The van der Waals surface area contributed by atoms with Crippen molar-refractivity contribution in [2.45, 2.75) is 33.4 Å². The van der Waals surface area contributed by atoms with E-state index < -0.39 is 5.67 Å². The van der Waals surface area contributed by atoms with Gasteiger partial charge < -0.3 is 0 Å². The molecule has 0 saturated heterocycles. The van der Waals surface area contributed by atoms with E-state index in [4.69, 9.17) is 0 Å². The van der Waals surface area contributed by atoms with Gasteiger partial charge in [0.05, 0.1) is 0 Å². The Labute approximate surface area is 122 Å². The molecule has 0 spiro atoms. The van der Waals surface area contributed by atoms with Crippen LogP contribution in [0.1, 0.15) is 38.8 Å². The number of rotatable bonds is 5. The molecule has 0 saturated carbocycles. The van der Waals surface area contributed by atoms with Crippen molar-refractivity contribution in [2.24, 2.45) is 0 Å². The molecule has 1 aromatic rings. The SMILES string of the molecule is C=C/C=C(\C=C(/C)c1ccc(C(=C)C)cc1)C(C)(C)F. The predicted molar refractivity (Wildman–Crippen MR) is 88.3 cm³/mol. The van der Waals surface area contributed by atoms with Gasteiger partial charge >= 0.3 is 0 Å². The van der Waals surface area contributed by atoms with Gasteiger partial charge in [-0.1, -0.05) is 61.2 Å². The lowest BCUT2D eigenvalue weighted by Gasteiger charge is -2.16. The van der Waals surface area contributed by atoms with Crippen molar-refractivity contribution in [2.75, 3.05) is 0 Å². The third-order valence-electron chi connectivity index (χ3n) is 3.19. The normalized spacial score (nSPS) is 13.2. The van der Waals surface area contributed by atoms with Crippen LogP contribution in [-0.4, -0.2) is 5.67 Å². The van der Waals surface area contributed by atoms with Gasteiger partial charge in [0.15, 0.2) is 0 Å². The highest BCUT2D eigenvalue weighted by molar-refractivity contribution is 5.70. The molecule has 0 aromatic heterocycles. The zero-order chi connectivity index (χ0) is 15.3. The first-order chi connectivity index (χ1) is 9.25. The summed E-state index contributed by atoms with van der Waals surface area (Å²) in [6.07, 6.45) is 5.20. The molecule has 1 aromatic carbocycles. The molecule has 0 aliphatic carbocycles. The predicted octanol–water partition coefficient (Wildman–Crippen LogP) is 5.98. The molecule has 0 aliphatic heterocycles. The first-order valence-corrected chi connectivity index (χ1v) is 6.72. The molecule has 0 radical (unpaired) electrons. The number of alkyl halides is 1. The standard InChI is InChI=1S/C19H23F/c1-7-8-18(19(5,6)20)13-15(4)17-11-9-16(10-12-17)14(2)3/h7-13H,1-2H2,3-6H3/b15-13+,18-8+. The largest absolute Gasteiger partial charge is 0.239 e. The summed E-state index contributed by atoms with van der Waals surface area (Å²) < 4.78 is 14.1.